The molecule has 128 valence electrons. The van der Waals surface area contributed by atoms with E-state index in [-0.39, 0.29) is 18.6 Å². The molecule has 1 heterocycles. The zero-order valence-corrected chi connectivity index (χ0v) is 14.8. The van der Waals surface area contributed by atoms with Crippen molar-refractivity contribution in [3.05, 3.63) is 40.2 Å². The molecular weight excluding hydrogens is 320 g/mol. The van der Waals surface area contributed by atoms with Crippen molar-refractivity contribution in [1.29, 1.82) is 0 Å². The molecule has 24 heavy (non-hydrogen) atoms. The number of amides is 1. The molecule has 0 saturated heterocycles. The number of aryl methyl sites for hydroxylation is 1. The fourth-order valence-corrected chi connectivity index (χ4v) is 3.86. The standard InChI is InChI=1S/C19H24N2O2S/c1-13-20-18(12-24-13)16-6-2-14(3-7-16)10-19(23)21-17-8-4-15(11-22)5-9-17/h2-3,6-7,12,15,17,22H,4-5,8-11H2,1H3,(H,21,23). The quantitative estimate of drug-likeness (QED) is 0.874. The Morgan fingerprint density at radius 3 is 2.54 bits per heavy atom. The van der Waals surface area contributed by atoms with Crippen LogP contribution in [0.25, 0.3) is 11.3 Å². The Hall–Kier alpha value is -1.72. The minimum atomic E-state index is 0.0831. The molecule has 4 nitrogen and oxygen atoms in total. The van der Waals surface area contributed by atoms with Gasteiger partial charge in [-0.3, -0.25) is 4.79 Å². The number of nitrogens with one attached hydrogen (secondary N) is 1. The third-order valence-corrected chi connectivity index (χ3v) is 5.48. The summed E-state index contributed by atoms with van der Waals surface area (Å²) < 4.78 is 0. The molecule has 1 amide bonds. The average molecular weight is 344 g/mol. The molecule has 0 spiro atoms. The van der Waals surface area contributed by atoms with Crippen LogP contribution in [0, 0.1) is 12.8 Å². The summed E-state index contributed by atoms with van der Waals surface area (Å²) in [5.41, 5.74) is 3.10. The summed E-state index contributed by atoms with van der Waals surface area (Å²) in [6.45, 7) is 2.27. The number of nitrogens with zero attached hydrogens (tertiary/aromatic N) is 1. The fourth-order valence-electron chi connectivity index (χ4n) is 3.24. The van der Waals surface area contributed by atoms with Crippen LogP contribution in [0.1, 0.15) is 36.3 Å². The first-order valence-electron chi connectivity index (χ1n) is 8.55. The number of thiazole rings is 1. The first kappa shape index (κ1) is 17.1. The summed E-state index contributed by atoms with van der Waals surface area (Å²) in [5.74, 6) is 0.500. The van der Waals surface area contributed by atoms with Gasteiger partial charge in [0, 0.05) is 23.6 Å². The second-order valence-electron chi connectivity index (χ2n) is 6.59. The van der Waals surface area contributed by atoms with Crippen molar-refractivity contribution in [3.8, 4) is 11.3 Å². The van der Waals surface area contributed by atoms with Gasteiger partial charge in [0.25, 0.3) is 0 Å². The summed E-state index contributed by atoms with van der Waals surface area (Å²) in [5, 5.41) is 15.4. The lowest BCUT2D eigenvalue weighted by molar-refractivity contribution is -0.121. The highest BCUT2D eigenvalue weighted by molar-refractivity contribution is 7.09. The van der Waals surface area contributed by atoms with Crippen LogP contribution in [0.4, 0.5) is 0 Å². The molecule has 1 fully saturated rings. The van der Waals surface area contributed by atoms with E-state index in [4.69, 9.17) is 5.11 Å². The Balaban J connectivity index is 1.51. The van der Waals surface area contributed by atoms with Crippen LogP contribution in [0.3, 0.4) is 0 Å². The number of aliphatic hydroxyl groups is 1. The molecule has 1 aromatic heterocycles. The van der Waals surface area contributed by atoms with Gasteiger partial charge in [0.1, 0.15) is 0 Å². The molecule has 0 radical (unpaired) electrons. The van der Waals surface area contributed by atoms with E-state index in [0.29, 0.717) is 12.3 Å². The Morgan fingerprint density at radius 2 is 1.96 bits per heavy atom. The molecule has 0 bridgehead atoms. The molecule has 5 heteroatoms. The van der Waals surface area contributed by atoms with Crippen molar-refractivity contribution in [3.63, 3.8) is 0 Å². The second kappa shape index (κ2) is 7.90. The largest absolute Gasteiger partial charge is 0.396 e. The molecule has 0 atom stereocenters. The third-order valence-electron chi connectivity index (χ3n) is 4.70. The number of carbonyl (C=O) groups excluding carboxylic acids is 1. The Bertz CT molecular complexity index is 673. The first-order chi connectivity index (χ1) is 11.6. The minimum Gasteiger partial charge on any atom is -0.396 e. The highest BCUT2D eigenvalue weighted by atomic mass is 32.1. The summed E-state index contributed by atoms with van der Waals surface area (Å²) in [4.78, 5) is 16.7. The van der Waals surface area contributed by atoms with Gasteiger partial charge in [-0.1, -0.05) is 24.3 Å². The van der Waals surface area contributed by atoms with E-state index in [1.807, 2.05) is 31.2 Å². The van der Waals surface area contributed by atoms with Crippen molar-refractivity contribution in [2.45, 2.75) is 45.1 Å². The Kier molecular flexibility index (Phi) is 5.63. The molecule has 3 rings (SSSR count). The van der Waals surface area contributed by atoms with Gasteiger partial charge in [0.05, 0.1) is 17.1 Å². The zero-order valence-electron chi connectivity index (χ0n) is 14.0. The number of hydrogen-bond donors (Lipinski definition) is 2. The van der Waals surface area contributed by atoms with Gasteiger partial charge in [-0.05, 0) is 44.1 Å². The van der Waals surface area contributed by atoms with Gasteiger partial charge in [-0.15, -0.1) is 11.3 Å². The van der Waals surface area contributed by atoms with Gasteiger partial charge in [0.15, 0.2) is 0 Å². The molecule has 1 saturated carbocycles. The lowest BCUT2D eigenvalue weighted by Gasteiger charge is -2.28. The highest BCUT2D eigenvalue weighted by Gasteiger charge is 2.21. The van der Waals surface area contributed by atoms with Crippen molar-refractivity contribution in [2.24, 2.45) is 5.92 Å². The van der Waals surface area contributed by atoms with Crippen molar-refractivity contribution >= 4 is 17.2 Å². The van der Waals surface area contributed by atoms with Gasteiger partial charge >= 0.3 is 0 Å². The lowest BCUT2D eigenvalue weighted by Crippen LogP contribution is -2.38. The molecule has 0 aliphatic heterocycles. The number of aliphatic hydroxyl groups excluding tert-OH is 1. The SMILES string of the molecule is Cc1nc(-c2ccc(CC(=O)NC3CCC(CO)CC3)cc2)cs1. The van der Waals surface area contributed by atoms with Crippen molar-refractivity contribution in [1.82, 2.24) is 10.3 Å². The van der Waals surface area contributed by atoms with E-state index < -0.39 is 0 Å². The molecule has 1 aromatic carbocycles. The van der Waals surface area contributed by atoms with Gasteiger partial charge < -0.3 is 10.4 Å². The summed E-state index contributed by atoms with van der Waals surface area (Å²) in [7, 11) is 0. The molecule has 0 unspecified atom stereocenters. The van der Waals surface area contributed by atoms with Crippen LogP contribution in [0.5, 0.6) is 0 Å². The molecular formula is C19H24N2O2S. The average Bonchev–Trinajstić information content (AvgIpc) is 3.02. The zero-order chi connectivity index (χ0) is 16.9. The second-order valence-corrected chi connectivity index (χ2v) is 7.66. The number of aromatic nitrogens is 1. The Labute approximate surface area is 146 Å². The topological polar surface area (TPSA) is 62.2 Å². The summed E-state index contributed by atoms with van der Waals surface area (Å²) >= 11 is 1.64. The molecule has 2 N–H and O–H groups in total. The predicted octanol–water partition coefficient (Wildman–Crippen LogP) is 3.33. The minimum absolute atomic E-state index is 0.0831. The number of carbonyl (C=O) groups is 1. The molecule has 1 aliphatic rings. The van der Waals surface area contributed by atoms with E-state index in [0.717, 1.165) is 47.5 Å². The van der Waals surface area contributed by atoms with Crippen LogP contribution in [0.15, 0.2) is 29.6 Å². The van der Waals surface area contributed by atoms with Gasteiger partial charge in [0.2, 0.25) is 5.91 Å². The van der Waals surface area contributed by atoms with Crippen LogP contribution < -0.4 is 5.32 Å². The van der Waals surface area contributed by atoms with Crippen molar-refractivity contribution in [2.75, 3.05) is 6.61 Å². The number of rotatable bonds is 5. The van der Waals surface area contributed by atoms with E-state index in [2.05, 4.69) is 15.7 Å². The van der Waals surface area contributed by atoms with Crippen LogP contribution in [-0.2, 0) is 11.2 Å². The van der Waals surface area contributed by atoms with E-state index in [1.54, 1.807) is 11.3 Å². The monoisotopic (exact) mass is 344 g/mol. The van der Waals surface area contributed by atoms with Crippen LogP contribution in [0.2, 0.25) is 0 Å². The first-order valence-corrected chi connectivity index (χ1v) is 9.43. The van der Waals surface area contributed by atoms with Gasteiger partial charge in [-0.25, -0.2) is 4.98 Å². The van der Waals surface area contributed by atoms with E-state index in [1.165, 1.54) is 0 Å². The van der Waals surface area contributed by atoms with Crippen LogP contribution >= 0.6 is 11.3 Å². The highest BCUT2D eigenvalue weighted by Crippen LogP contribution is 2.24. The third kappa shape index (κ3) is 4.42. The maximum atomic E-state index is 12.2. The summed E-state index contributed by atoms with van der Waals surface area (Å²) in [6, 6.07) is 8.34. The normalized spacial score (nSPS) is 20.8. The number of hydrogen-bond acceptors (Lipinski definition) is 4. The maximum absolute atomic E-state index is 12.2. The van der Waals surface area contributed by atoms with E-state index >= 15 is 0 Å². The van der Waals surface area contributed by atoms with Crippen LogP contribution in [-0.4, -0.2) is 28.6 Å². The molecule has 1 aliphatic carbocycles. The van der Waals surface area contributed by atoms with Crippen molar-refractivity contribution < 1.29 is 9.90 Å². The molecule has 2 aromatic rings. The summed E-state index contributed by atoms with van der Waals surface area (Å²) in [6.07, 6.45) is 4.36. The predicted molar refractivity (Wildman–Crippen MR) is 97.0 cm³/mol. The fraction of sp³-hybridized carbons (Fsp3) is 0.474. The van der Waals surface area contributed by atoms with Gasteiger partial charge in [-0.2, -0.15) is 0 Å². The Morgan fingerprint density at radius 1 is 1.25 bits per heavy atom. The smallest absolute Gasteiger partial charge is 0.224 e. The lowest BCUT2D eigenvalue weighted by atomic mass is 9.86. The van der Waals surface area contributed by atoms with E-state index in [9.17, 15) is 4.79 Å². The maximum Gasteiger partial charge on any atom is 0.224 e. The number of benzene rings is 1.